The van der Waals surface area contributed by atoms with Gasteiger partial charge in [-0.25, -0.2) is 9.18 Å². The Kier molecular flexibility index (Phi) is 13.8. The fraction of sp³-hybridized carbons (Fsp3) is 0.550. The predicted octanol–water partition coefficient (Wildman–Crippen LogP) is 7.48. The standard InChI is InChI=1S/C40H56FN3O6/c1-28-34(37(38(45)46)50-39(2,3)4)36(44-20-18-40(5,6)19-21-44)35(33(42-28)27-43(22-25-47-7)23-26-48-8)30-11-15-32(16-12-30)49-24-17-29-9-13-31(41)14-10-29/h9-16,37H,17-27H2,1-8H3,(H,45,46)/t37-/m0/s1. The van der Waals surface area contributed by atoms with Crippen molar-refractivity contribution in [3.63, 3.8) is 0 Å². The minimum absolute atomic E-state index is 0.180. The molecule has 0 radical (unpaired) electrons. The van der Waals surface area contributed by atoms with Crippen LogP contribution in [0.1, 0.15) is 76.1 Å². The molecule has 0 unspecified atom stereocenters. The molecule has 1 saturated heterocycles. The lowest BCUT2D eigenvalue weighted by molar-refractivity contribution is -0.160. The molecule has 1 fully saturated rings. The zero-order valence-electron chi connectivity index (χ0n) is 31.2. The summed E-state index contributed by atoms with van der Waals surface area (Å²) in [5, 5.41) is 10.7. The molecule has 1 aromatic heterocycles. The van der Waals surface area contributed by atoms with E-state index in [0.29, 0.717) is 62.9 Å². The molecule has 2 aromatic carbocycles. The van der Waals surface area contributed by atoms with Crippen molar-refractivity contribution in [1.82, 2.24) is 9.88 Å². The van der Waals surface area contributed by atoms with E-state index in [1.54, 1.807) is 26.4 Å². The van der Waals surface area contributed by atoms with E-state index < -0.39 is 17.7 Å². The number of methoxy groups -OCH3 is 2. The molecule has 274 valence electrons. The van der Waals surface area contributed by atoms with E-state index in [2.05, 4.69) is 23.6 Å². The summed E-state index contributed by atoms with van der Waals surface area (Å²) >= 11 is 0. The van der Waals surface area contributed by atoms with Crippen LogP contribution in [0.3, 0.4) is 0 Å². The molecular formula is C40H56FN3O6. The average Bonchev–Trinajstić information content (AvgIpc) is 3.06. The van der Waals surface area contributed by atoms with Gasteiger partial charge in [-0.2, -0.15) is 0 Å². The van der Waals surface area contributed by atoms with Crippen LogP contribution in [-0.4, -0.2) is 86.8 Å². The Morgan fingerprint density at radius 2 is 1.58 bits per heavy atom. The van der Waals surface area contributed by atoms with Crippen molar-refractivity contribution < 1.29 is 33.2 Å². The summed E-state index contributed by atoms with van der Waals surface area (Å²) in [6, 6.07) is 14.4. The molecule has 1 aliphatic rings. The highest BCUT2D eigenvalue weighted by Crippen LogP contribution is 2.45. The SMILES string of the molecule is COCCN(CCOC)Cc1nc(C)c([C@H](OC(C)(C)C)C(=O)O)c(N2CCC(C)(C)CC2)c1-c1ccc(OCCc2ccc(F)cc2)cc1. The first-order valence-corrected chi connectivity index (χ1v) is 17.6. The van der Waals surface area contributed by atoms with E-state index in [1.165, 1.54) is 12.1 Å². The van der Waals surface area contributed by atoms with Gasteiger partial charge in [-0.1, -0.05) is 38.1 Å². The second-order valence-electron chi connectivity index (χ2n) is 14.9. The second-order valence-corrected chi connectivity index (χ2v) is 14.9. The van der Waals surface area contributed by atoms with E-state index in [9.17, 15) is 14.3 Å². The highest BCUT2D eigenvalue weighted by Gasteiger charge is 2.37. The number of benzene rings is 2. The third-order valence-corrected chi connectivity index (χ3v) is 9.18. The number of carbonyl (C=O) groups is 1. The van der Waals surface area contributed by atoms with Crippen molar-refractivity contribution in [1.29, 1.82) is 0 Å². The summed E-state index contributed by atoms with van der Waals surface area (Å²) in [6.45, 7) is 17.1. The van der Waals surface area contributed by atoms with E-state index in [-0.39, 0.29) is 11.2 Å². The van der Waals surface area contributed by atoms with E-state index >= 15 is 0 Å². The zero-order valence-corrected chi connectivity index (χ0v) is 31.2. The Bertz CT molecular complexity index is 1520. The number of nitrogens with zero attached hydrogens (tertiary/aromatic N) is 3. The molecule has 1 aliphatic heterocycles. The number of aromatic nitrogens is 1. The Morgan fingerprint density at radius 3 is 2.12 bits per heavy atom. The Morgan fingerprint density at radius 1 is 0.980 bits per heavy atom. The van der Waals surface area contributed by atoms with Crippen molar-refractivity contribution in [2.75, 3.05) is 65.1 Å². The van der Waals surface area contributed by atoms with Gasteiger partial charge in [0.2, 0.25) is 0 Å². The van der Waals surface area contributed by atoms with Gasteiger partial charge in [-0.05, 0) is 81.3 Å². The number of carboxylic acids is 1. The molecule has 0 amide bonds. The largest absolute Gasteiger partial charge is 0.493 e. The third kappa shape index (κ3) is 11.0. The normalized spacial score (nSPS) is 15.4. The van der Waals surface area contributed by atoms with Crippen LogP contribution in [-0.2, 0) is 32.0 Å². The van der Waals surface area contributed by atoms with Crippen LogP contribution in [0.15, 0.2) is 48.5 Å². The van der Waals surface area contributed by atoms with Crippen LogP contribution >= 0.6 is 0 Å². The maximum Gasteiger partial charge on any atom is 0.337 e. The molecule has 10 heteroatoms. The molecule has 0 spiro atoms. The summed E-state index contributed by atoms with van der Waals surface area (Å²) < 4.78 is 36.7. The monoisotopic (exact) mass is 693 g/mol. The van der Waals surface area contributed by atoms with Gasteiger partial charge >= 0.3 is 5.97 Å². The minimum Gasteiger partial charge on any atom is -0.493 e. The van der Waals surface area contributed by atoms with Gasteiger partial charge in [-0.3, -0.25) is 9.88 Å². The molecule has 0 aliphatic carbocycles. The number of ether oxygens (including phenoxy) is 4. The Hall–Kier alpha value is -3.57. The summed E-state index contributed by atoms with van der Waals surface area (Å²) in [4.78, 5) is 22.8. The zero-order chi connectivity index (χ0) is 36.5. The van der Waals surface area contributed by atoms with Crippen LogP contribution in [0.2, 0.25) is 0 Å². The van der Waals surface area contributed by atoms with Crippen molar-refractivity contribution in [3.8, 4) is 16.9 Å². The molecule has 4 rings (SSSR count). The van der Waals surface area contributed by atoms with Gasteiger partial charge in [0.1, 0.15) is 11.6 Å². The lowest BCUT2D eigenvalue weighted by Gasteiger charge is -2.41. The first kappa shape index (κ1) is 39.2. The lowest BCUT2D eigenvalue weighted by atomic mass is 9.81. The summed E-state index contributed by atoms with van der Waals surface area (Å²) in [6.07, 6.45) is 1.37. The third-order valence-electron chi connectivity index (χ3n) is 9.18. The van der Waals surface area contributed by atoms with Gasteiger partial charge in [0.25, 0.3) is 0 Å². The molecule has 50 heavy (non-hydrogen) atoms. The average molecular weight is 694 g/mol. The maximum atomic E-state index is 13.4. The van der Waals surface area contributed by atoms with Gasteiger partial charge in [-0.15, -0.1) is 0 Å². The quantitative estimate of drug-likeness (QED) is 0.155. The van der Waals surface area contributed by atoms with E-state index in [4.69, 9.17) is 23.9 Å². The van der Waals surface area contributed by atoms with Crippen LogP contribution in [0.25, 0.3) is 11.1 Å². The van der Waals surface area contributed by atoms with Gasteiger partial charge in [0.05, 0.1) is 36.8 Å². The van der Waals surface area contributed by atoms with E-state index in [0.717, 1.165) is 54.0 Å². The molecule has 0 saturated carbocycles. The minimum atomic E-state index is -1.22. The molecule has 1 atom stereocenters. The predicted molar refractivity (Wildman–Crippen MR) is 195 cm³/mol. The van der Waals surface area contributed by atoms with Crippen molar-refractivity contribution in [2.45, 2.75) is 79.1 Å². The first-order valence-electron chi connectivity index (χ1n) is 17.6. The van der Waals surface area contributed by atoms with Crippen molar-refractivity contribution in [3.05, 3.63) is 76.9 Å². The number of hydrogen-bond acceptors (Lipinski definition) is 8. The summed E-state index contributed by atoms with van der Waals surface area (Å²) in [5.41, 5.74) is 5.22. The van der Waals surface area contributed by atoms with Gasteiger partial charge in [0.15, 0.2) is 6.10 Å². The second kappa shape index (κ2) is 17.6. The number of piperidine rings is 1. The number of hydrogen-bond donors (Lipinski definition) is 1. The maximum absolute atomic E-state index is 13.4. The van der Waals surface area contributed by atoms with Crippen LogP contribution < -0.4 is 9.64 Å². The fourth-order valence-corrected chi connectivity index (χ4v) is 6.32. The topological polar surface area (TPSA) is 93.6 Å². The number of aliphatic carboxylic acids is 1. The Balaban J connectivity index is 1.85. The Labute approximate surface area is 297 Å². The number of halogens is 1. The van der Waals surface area contributed by atoms with Crippen LogP contribution in [0.4, 0.5) is 10.1 Å². The van der Waals surface area contributed by atoms with Gasteiger partial charge in [0, 0.05) is 70.2 Å². The molecular weight excluding hydrogens is 637 g/mol. The smallest absolute Gasteiger partial charge is 0.337 e. The van der Waals surface area contributed by atoms with Gasteiger partial charge < -0.3 is 29.0 Å². The van der Waals surface area contributed by atoms with Crippen molar-refractivity contribution in [2.24, 2.45) is 5.41 Å². The molecule has 0 bridgehead atoms. The highest BCUT2D eigenvalue weighted by molar-refractivity contribution is 5.88. The lowest BCUT2D eigenvalue weighted by Crippen LogP contribution is -2.39. The van der Waals surface area contributed by atoms with E-state index in [1.807, 2.05) is 52.0 Å². The number of rotatable bonds is 17. The molecule has 3 aromatic rings. The van der Waals surface area contributed by atoms with Crippen LogP contribution in [0.5, 0.6) is 5.75 Å². The fourth-order valence-electron chi connectivity index (χ4n) is 6.32. The first-order chi connectivity index (χ1) is 23.7. The number of aryl methyl sites for hydroxylation is 1. The van der Waals surface area contributed by atoms with Crippen LogP contribution in [0, 0.1) is 18.2 Å². The molecule has 1 N–H and O–H groups in total. The highest BCUT2D eigenvalue weighted by atomic mass is 19.1. The number of anilines is 1. The summed E-state index contributed by atoms with van der Waals surface area (Å²) in [7, 11) is 3.38. The number of pyridine rings is 1. The molecule has 2 heterocycles. The molecule has 9 nitrogen and oxygen atoms in total. The number of carboxylic acid groups (broad SMARTS) is 1. The summed E-state index contributed by atoms with van der Waals surface area (Å²) in [5.74, 6) is -0.597. The van der Waals surface area contributed by atoms with Crippen molar-refractivity contribution >= 4 is 11.7 Å².